The summed E-state index contributed by atoms with van der Waals surface area (Å²) >= 11 is 0. The number of aromatic hydroxyl groups is 1. The van der Waals surface area contributed by atoms with E-state index < -0.39 is 5.91 Å². The Morgan fingerprint density at radius 2 is 1.87 bits per heavy atom. The molecule has 0 spiro atoms. The van der Waals surface area contributed by atoms with E-state index >= 15 is 0 Å². The zero-order chi connectivity index (χ0) is 21.3. The predicted octanol–water partition coefficient (Wildman–Crippen LogP) is 5.23. The first-order valence-corrected chi connectivity index (χ1v) is 9.88. The van der Waals surface area contributed by atoms with Gasteiger partial charge >= 0.3 is 0 Å². The first kappa shape index (κ1) is 20.9. The number of hydrogen-bond acceptors (Lipinski definition) is 4. The summed E-state index contributed by atoms with van der Waals surface area (Å²) in [7, 11) is 0. The summed E-state index contributed by atoms with van der Waals surface area (Å²) in [4.78, 5) is 12.5. The van der Waals surface area contributed by atoms with Gasteiger partial charge in [-0.1, -0.05) is 30.3 Å². The van der Waals surface area contributed by atoms with E-state index in [1.54, 1.807) is 6.07 Å². The second kappa shape index (κ2) is 10.1. The summed E-state index contributed by atoms with van der Waals surface area (Å²) in [5, 5.41) is 21.7. The number of phenols is 1. The van der Waals surface area contributed by atoms with Gasteiger partial charge in [0, 0.05) is 5.69 Å². The second-order valence-corrected chi connectivity index (χ2v) is 7.07. The Bertz CT molecular complexity index is 1060. The van der Waals surface area contributed by atoms with Gasteiger partial charge in [-0.3, -0.25) is 4.79 Å². The number of nitriles is 1. The third kappa shape index (κ3) is 5.62. The van der Waals surface area contributed by atoms with Gasteiger partial charge in [0.05, 0.1) is 23.8 Å². The first-order valence-electron chi connectivity index (χ1n) is 9.88. The molecule has 0 fully saturated rings. The van der Waals surface area contributed by atoms with E-state index in [9.17, 15) is 9.90 Å². The van der Waals surface area contributed by atoms with Crippen molar-refractivity contribution >= 4 is 11.6 Å². The van der Waals surface area contributed by atoms with E-state index in [2.05, 4.69) is 29.6 Å². The molecule has 0 bridgehead atoms. The molecule has 0 unspecified atom stereocenters. The van der Waals surface area contributed by atoms with Crippen molar-refractivity contribution < 1.29 is 14.6 Å². The third-order valence-electron chi connectivity index (χ3n) is 4.79. The van der Waals surface area contributed by atoms with Crippen molar-refractivity contribution in [2.75, 3.05) is 11.9 Å². The fraction of sp³-hybridized carbons (Fsp3) is 0.200. The van der Waals surface area contributed by atoms with Gasteiger partial charge in [-0.25, -0.2) is 0 Å². The van der Waals surface area contributed by atoms with Crippen molar-refractivity contribution in [2.45, 2.75) is 26.2 Å². The molecule has 3 aromatic rings. The quantitative estimate of drug-likeness (QED) is 0.508. The number of amides is 1. The van der Waals surface area contributed by atoms with Crippen LogP contribution in [0.15, 0.2) is 66.7 Å². The van der Waals surface area contributed by atoms with Crippen LogP contribution in [0.5, 0.6) is 11.5 Å². The van der Waals surface area contributed by atoms with Crippen LogP contribution in [0, 0.1) is 18.3 Å². The summed E-state index contributed by atoms with van der Waals surface area (Å²) in [5.74, 6) is 0.112. The standard InChI is InChI=1S/C25H24N2O3/c1-18-15-21(30-14-6-5-9-19-7-3-2-4-8-19)11-12-23(18)27-25(29)22-16-20(17-26)10-13-24(22)28/h2-4,7-8,10-13,15-16,28H,5-6,9,14H2,1H3,(H,27,29). The van der Waals surface area contributed by atoms with Crippen LogP contribution in [0.1, 0.15) is 39.9 Å². The second-order valence-electron chi connectivity index (χ2n) is 7.07. The normalized spacial score (nSPS) is 10.3. The maximum Gasteiger partial charge on any atom is 0.259 e. The fourth-order valence-electron chi connectivity index (χ4n) is 3.11. The molecule has 0 saturated carbocycles. The number of nitrogens with one attached hydrogen (secondary N) is 1. The molecule has 0 aliphatic carbocycles. The molecule has 0 atom stereocenters. The number of ether oxygens (including phenoxy) is 1. The van der Waals surface area contributed by atoms with E-state index in [4.69, 9.17) is 10.00 Å². The van der Waals surface area contributed by atoms with Crippen molar-refractivity contribution in [3.05, 3.63) is 89.0 Å². The van der Waals surface area contributed by atoms with Crippen LogP contribution in [0.4, 0.5) is 5.69 Å². The van der Waals surface area contributed by atoms with Gasteiger partial charge in [-0.05, 0) is 73.7 Å². The lowest BCUT2D eigenvalue weighted by atomic mass is 10.1. The van der Waals surface area contributed by atoms with Crippen molar-refractivity contribution in [1.82, 2.24) is 0 Å². The largest absolute Gasteiger partial charge is 0.507 e. The monoisotopic (exact) mass is 400 g/mol. The molecule has 0 aliphatic rings. The average molecular weight is 400 g/mol. The number of hydrogen-bond donors (Lipinski definition) is 2. The molecule has 0 aromatic heterocycles. The number of carbonyl (C=O) groups excluding carboxylic acids is 1. The molecule has 5 heteroatoms. The highest BCUT2D eigenvalue weighted by molar-refractivity contribution is 6.06. The number of unbranched alkanes of at least 4 members (excludes halogenated alkanes) is 1. The Labute approximate surface area is 176 Å². The van der Waals surface area contributed by atoms with Crippen LogP contribution in [-0.4, -0.2) is 17.6 Å². The molecule has 2 N–H and O–H groups in total. The Morgan fingerprint density at radius 1 is 1.07 bits per heavy atom. The number of benzene rings is 3. The summed E-state index contributed by atoms with van der Waals surface area (Å²) in [6.45, 7) is 2.51. The van der Waals surface area contributed by atoms with Crippen molar-refractivity contribution in [2.24, 2.45) is 0 Å². The van der Waals surface area contributed by atoms with E-state index in [0.717, 1.165) is 30.6 Å². The molecule has 5 nitrogen and oxygen atoms in total. The summed E-state index contributed by atoms with van der Waals surface area (Å²) < 4.78 is 5.83. The van der Waals surface area contributed by atoms with Gasteiger partial charge in [-0.15, -0.1) is 0 Å². The number of anilines is 1. The van der Waals surface area contributed by atoms with Crippen LogP contribution in [0.3, 0.4) is 0 Å². The van der Waals surface area contributed by atoms with Gasteiger partial charge in [0.1, 0.15) is 11.5 Å². The Balaban J connectivity index is 1.52. The molecule has 1 amide bonds. The fourth-order valence-corrected chi connectivity index (χ4v) is 3.11. The highest BCUT2D eigenvalue weighted by Crippen LogP contribution is 2.24. The molecule has 0 radical (unpaired) electrons. The predicted molar refractivity (Wildman–Crippen MR) is 117 cm³/mol. The lowest BCUT2D eigenvalue weighted by Gasteiger charge is -2.12. The molecule has 0 aliphatic heterocycles. The number of aryl methyl sites for hydroxylation is 2. The Kier molecular flexibility index (Phi) is 7.07. The van der Waals surface area contributed by atoms with Gasteiger partial charge in [-0.2, -0.15) is 5.26 Å². The Morgan fingerprint density at radius 3 is 2.60 bits per heavy atom. The van der Waals surface area contributed by atoms with E-state index in [1.807, 2.05) is 31.2 Å². The summed E-state index contributed by atoms with van der Waals surface area (Å²) in [6, 6.07) is 22.0. The van der Waals surface area contributed by atoms with Gasteiger partial charge in [0.2, 0.25) is 0 Å². The molecular weight excluding hydrogens is 376 g/mol. The smallest absolute Gasteiger partial charge is 0.259 e. The highest BCUT2D eigenvalue weighted by atomic mass is 16.5. The minimum Gasteiger partial charge on any atom is -0.507 e. The molecule has 3 rings (SSSR count). The zero-order valence-corrected chi connectivity index (χ0v) is 16.9. The van der Waals surface area contributed by atoms with Crippen molar-refractivity contribution in [3.63, 3.8) is 0 Å². The molecule has 0 heterocycles. The van der Waals surface area contributed by atoms with Crippen LogP contribution < -0.4 is 10.1 Å². The number of phenolic OH excluding ortho intramolecular Hbond substituents is 1. The van der Waals surface area contributed by atoms with Gasteiger partial charge in [0.15, 0.2) is 0 Å². The zero-order valence-electron chi connectivity index (χ0n) is 16.9. The lowest BCUT2D eigenvalue weighted by Crippen LogP contribution is -2.13. The Hall–Kier alpha value is -3.78. The molecule has 152 valence electrons. The maximum absolute atomic E-state index is 12.5. The van der Waals surface area contributed by atoms with Crippen molar-refractivity contribution in [3.8, 4) is 17.6 Å². The molecule has 3 aromatic carbocycles. The maximum atomic E-state index is 12.5. The van der Waals surface area contributed by atoms with E-state index in [1.165, 1.54) is 23.8 Å². The van der Waals surface area contributed by atoms with Crippen LogP contribution in [-0.2, 0) is 6.42 Å². The summed E-state index contributed by atoms with van der Waals surface area (Å²) in [6.07, 6.45) is 3.05. The molecular formula is C25H24N2O3. The molecule has 30 heavy (non-hydrogen) atoms. The summed E-state index contributed by atoms with van der Waals surface area (Å²) in [5.41, 5.74) is 3.18. The average Bonchev–Trinajstić information content (AvgIpc) is 2.76. The van der Waals surface area contributed by atoms with Crippen LogP contribution in [0.25, 0.3) is 0 Å². The van der Waals surface area contributed by atoms with Crippen molar-refractivity contribution in [1.29, 1.82) is 5.26 Å². The lowest BCUT2D eigenvalue weighted by molar-refractivity contribution is 0.102. The molecule has 0 saturated heterocycles. The number of nitrogens with zero attached hydrogens (tertiary/aromatic N) is 1. The third-order valence-corrected chi connectivity index (χ3v) is 4.79. The highest BCUT2D eigenvalue weighted by Gasteiger charge is 2.13. The van der Waals surface area contributed by atoms with Crippen LogP contribution >= 0.6 is 0 Å². The minimum absolute atomic E-state index is 0.0622. The number of carbonyl (C=O) groups is 1. The van der Waals surface area contributed by atoms with Crippen LogP contribution in [0.2, 0.25) is 0 Å². The van der Waals surface area contributed by atoms with E-state index in [-0.39, 0.29) is 11.3 Å². The minimum atomic E-state index is -0.470. The topological polar surface area (TPSA) is 82.3 Å². The number of rotatable bonds is 8. The van der Waals surface area contributed by atoms with Gasteiger partial charge in [0.25, 0.3) is 5.91 Å². The SMILES string of the molecule is Cc1cc(OCCCCc2ccccc2)ccc1NC(=O)c1cc(C#N)ccc1O. The first-order chi connectivity index (χ1) is 14.6. The van der Waals surface area contributed by atoms with E-state index in [0.29, 0.717) is 17.9 Å². The van der Waals surface area contributed by atoms with Gasteiger partial charge < -0.3 is 15.2 Å².